The van der Waals surface area contributed by atoms with E-state index in [0.29, 0.717) is 24.3 Å². The van der Waals surface area contributed by atoms with E-state index in [1.165, 1.54) is 13.2 Å². The van der Waals surface area contributed by atoms with Crippen LogP contribution in [0.4, 0.5) is 15.0 Å². The van der Waals surface area contributed by atoms with Crippen LogP contribution in [0.15, 0.2) is 30.3 Å². The van der Waals surface area contributed by atoms with Gasteiger partial charge in [-0.3, -0.25) is 4.79 Å². The number of halogens is 1. The van der Waals surface area contributed by atoms with E-state index in [2.05, 4.69) is 10.3 Å². The summed E-state index contributed by atoms with van der Waals surface area (Å²) in [5.41, 5.74) is 0.0238. The summed E-state index contributed by atoms with van der Waals surface area (Å²) < 4.78 is 25.2. The quantitative estimate of drug-likeness (QED) is 0.784. The molecule has 2 fully saturated rings. The lowest BCUT2D eigenvalue weighted by molar-refractivity contribution is -0.123. The highest BCUT2D eigenvalue weighted by atomic mass is 19.1. The number of hydrogen-bond donors (Lipinski definition) is 1. The van der Waals surface area contributed by atoms with Crippen molar-refractivity contribution in [3.05, 3.63) is 41.7 Å². The zero-order valence-corrected chi connectivity index (χ0v) is 16.3. The van der Waals surface area contributed by atoms with Gasteiger partial charge in [-0.1, -0.05) is 25.3 Å². The number of imide groups is 1. The Morgan fingerprint density at radius 1 is 1.14 bits per heavy atom. The molecule has 7 nitrogen and oxygen atoms in total. The van der Waals surface area contributed by atoms with Crippen molar-refractivity contribution in [3.63, 3.8) is 0 Å². The molecule has 1 aromatic heterocycles. The first-order valence-electron chi connectivity index (χ1n) is 9.59. The highest BCUT2D eigenvalue weighted by Crippen LogP contribution is 2.36. The fraction of sp³-hybridized carbons (Fsp3) is 0.381. The van der Waals surface area contributed by atoms with Gasteiger partial charge in [-0.25, -0.2) is 14.1 Å². The predicted molar refractivity (Wildman–Crippen MR) is 104 cm³/mol. The zero-order chi connectivity index (χ0) is 20.6. The van der Waals surface area contributed by atoms with E-state index in [1.807, 2.05) is 6.92 Å². The molecular weight excluding hydrogens is 377 g/mol. The third-order valence-electron chi connectivity index (χ3n) is 5.49. The van der Waals surface area contributed by atoms with Gasteiger partial charge in [0.1, 0.15) is 22.9 Å². The molecule has 1 spiro atoms. The molecule has 0 unspecified atom stereocenters. The molecule has 1 aliphatic heterocycles. The summed E-state index contributed by atoms with van der Waals surface area (Å²) in [5.74, 6) is -0.412. The van der Waals surface area contributed by atoms with Crippen molar-refractivity contribution in [3.8, 4) is 17.4 Å². The van der Waals surface area contributed by atoms with Gasteiger partial charge in [0, 0.05) is 6.07 Å². The summed E-state index contributed by atoms with van der Waals surface area (Å²) in [6.45, 7) is 1.88. The Morgan fingerprint density at radius 2 is 1.90 bits per heavy atom. The van der Waals surface area contributed by atoms with E-state index < -0.39 is 17.4 Å². The molecule has 152 valence electrons. The Bertz CT molecular complexity index is 972. The Hall–Kier alpha value is -3.16. The summed E-state index contributed by atoms with van der Waals surface area (Å²) in [5, 5.41) is 2.82. The number of pyridine rings is 1. The molecule has 0 bridgehead atoms. The molecule has 3 amide bonds. The van der Waals surface area contributed by atoms with Crippen molar-refractivity contribution in [1.29, 1.82) is 0 Å². The molecule has 1 aromatic carbocycles. The maximum Gasteiger partial charge on any atom is 0.330 e. The first kappa shape index (κ1) is 19.2. The number of urea groups is 1. The van der Waals surface area contributed by atoms with Gasteiger partial charge in [0.25, 0.3) is 11.8 Å². The van der Waals surface area contributed by atoms with Crippen LogP contribution in [0, 0.1) is 12.7 Å². The maximum absolute atomic E-state index is 14.3. The molecule has 1 aliphatic carbocycles. The van der Waals surface area contributed by atoms with Crippen molar-refractivity contribution in [2.45, 2.75) is 44.6 Å². The van der Waals surface area contributed by atoms with E-state index in [4.69, 9.17) is 9.47 Å². The number of nitrogens with one attached hydrogen (secondary N) is 1. The van der Waals surface area contributed by atoms with Gasteiger partial charge in [0.05, 0.1) is 7.11 Å². The monoisotopic (exact) mass is 399 g/mol. The second-order valence-electron chi connectivity index (χ2n) is 7.40. The second-order valence-corrected chi connectivity index (χ2v) is 7.40. The average molecular weight is 399 g/mol. The highest BCUT2D eigenvalue weighted by Gasteiger charge is 2.52. The van der Waals surface area contributed by atoms with Crippen LogP contribution >= 0.6 is 0 Å². The molecule has 2 heterocycles. The first-order valence-corrected chi connectivity index (χ1v) is 9.59. The standard InChI is InChI=1S/C21H22FN3O4/c1-13-6-7-14(12-16(13)28-2)29-18-15(22)8-9-17(23-18)25-19(26)21(24-20(25)27)10-4-3-5-11-21/h6-9,12H,3-5,10-11H2,1-2H3,(H,24,27). The summed E-state index contributed by atoms with van der Waals surface area (Å²) >= 11 is 0. The molecule has 1 saturated heterocycles. The lowest BCUT2D eigenvalue weighted by Crippen LogP contribution is -2.48. The summed E-state index contributed by atoms with van der Waals surface area (Å²) in [7, 11) is 1.53. The van der Waals surface area contributed by atoms with Gasteiger partial charge < -0.3 is 14.8 Å². The zero-order valence-electron chi connectivity index (χ0n) is 16.3. The smallest absolute Gasteiger partial charge is 0.330 e. The van der Waals surface area contributed by atoms with Gasteiger partial charge in [-0.2, -0.15) is 4.98 Å². The third-order valence-corrected chi connectivity index (χ3v) is 5.49. The number of carbonyl (C=O) groups excluding carboxylic acids is 2. The van der Waals surface area contributed by atoms with Crippen LogP contribution in [-0.4, -0.2) is 29.6 Å². The van der Waals surface area contributed by atoms with Crippen LogP contribution < -0.4 is 19.7 Å². The number of hydrogen-bond acceptors (Lipinski definition) is 5. The third kappa shape index (κ3) is 3.39. The molecule has 2 aliphatic rings. The Balaban J connectivity index is 1.63. The van der Waals surface area contributed by atoms with Crippen LogP contribution in [-0.2, 0) is 4.79 Å². The van der Waals surface area contributed by atoms with E-state index >= 15 is 0 Å². The number of aryl methyl sites for hydroxylation is 1. The van der Waals surface area contributed by atoms with Crippen molar-refractivity contribution in [2.24, 2.45) is 0 Å². The fourth-order valence-electron chi connectivity index (χ4n) is 3.91. The molecule has 2 aromatic rings. The van der Waals surface area contributed by atoms with Gasteiger partial charge in [-0.05, 0) is 43.5 Å². The van der Waals surface area contributed by atoms with Gasteiger partial charge >= 0.3 is 6.03 Å². The van der Waals surface area contributed by atoms with E-state index in [0.717, 1.165) is 35.8 Å². The van der Waals surface area contributed by atoms with Crippen LogP contribution in [0.25, 0.3) is 0 Å². The SMILES string of the molecule is COc1cc(Oc2nc(N3C(=O)NC4(CCCCC4)C3=O)ccc2F)ccc1C. The number of nitrogens with zero attached hydrogens (tertiary/aromatic N) is 2. The van der Waals surface area contributed by atoms with Gasteiger partial charge in [0.2, 0.25) is 0 Å². The number of aromatic nitrogens is 1. The predicted octanol–water partition coefficient (Wildman–Crippen LogP) is 4.09. The first-order chi connectivity index (χ1) is 13.9. The molecule has 1 saturated carbocycles. The highest BCUT2D eigenvalue weighted by molar-refractivity contribution is 6.22. The van der Waals surface area contributed by atoms with Crippen molar-refractivity contribution in [1.82, 2.24) is 10.3 Å². The molecular formula is C21H22FN3O4. The number of rotatable bonds is 4. The van der Waals surface area contributed by atoms with Crippen molar-refractivity contribution in [2.75, 3.05) is 12.0 Å². The minimum absolute atomic E-state index is 0.0328. The molecule has 1 N–H and O–H groups in total. The van der Waals surface area contributed by atoms with E-state index in [-0.39, 0.29) is 17.6 Å². The number of carbonyl (C=O) groups is 2. The van der Waals surface area contributed by atoms with Crippen LogP contribution in [0.5, 0.6) is 17.4 Å². The maximum atomic E-state index is 14.3. The van der Waals surface area contributed by atoms with Crippen LogP contribution in [0.3, 0.4) is 0 Å². The minimum atomic E-state index is -0.878. The fourth-order valence-corrected chi connectivity index (χ4v) is 3.91. The van der Waals surface area contributed by atoms with E-state index in [1.54, 1.807) is 18.2 Å². The minimum Gasteiger partial charge on any atom is -0.496 e. The largest absolute Gasteiger partial charge is 0.496 e. The summed E-state index contributed by atoms with van der Waals surface area (Å²) in [6, 6.07) is 6.95. The van der Waals surface area contributed by atoms with Gasteiger partial charge in [-0.15, -0.1) is 0 Å². The molecule has 0 radical (unpaired) electrons. The lowest BCUT2D eigenvalue weighted by Gasteiger charge is -2.30. The van der Waals surface area contributed by atoms with Crippen LogP contribution in [0.1, 0.15) is 37.7 Å². The normalized spacial score (nSPS) is 18.1. The van der Waals surface area contributed by atoms with Crippen molar-refractivity contribution < 1.29 is 23.5 Å². The lowest BCUT2D eigenvalue weighted by atomic mass is 9.82. The summed E-state index contributed by atoms with van der Waals surface area (Å²) in [4.78, 5) is 30.6. The number of methoxy groups -OCH3 is 1. The van der Waals surface area contributed by atoms with Gasteiger partial charge in [0.15, 0.2) is 5.82 Å². The molecule has 29 heavy (non-hydrogen) atoms. The molecule has 0 atom stereocenters. The number of anilines is 1. The number of amides is 3. The van der Waals surface area contributed by atoms with Crippen LogP contribution in [0.2, 0.25) is 0 Å². The summed E-state index contributed by atoms with van der Waals surface area (Å²) in [6.07, 6.45) is 3.99. The Kier molecular flexibility index (Phi) is 4.86. The molecule has 4 rings (SSSR count). The number of ether oxygens (including phenoxy) is 2. The van der Waals surface area contributed by atoms with Crippen molar-refractivity contribution >= 4 is 17.8 Å². The van der Waals surface area contributed by atoms with E-state index in [9.17, 15) is 14.0 Å². The average Bonchev–Trinajstić information content (AvgIpc) is 2.95. The number of benzene rings is 1. The topological polar surface area (TPSA) is 80.8 Å². The molecule has 8 heteroatoms. The Labute approximate surface area is 167 Å². The second kappa shape index (κ2) is 7.35. The Morgan fingerprint density at radius 3 is 2.62 bits per heavy atom.